The molecule has 0 atom stereocenters. The number of hydrogen-bond acceptors (Lipinski definition) is 2. The first-order chi connectivity index (χ1) is 7.41. The van der Waals surface area contributed by atoms with E-state index in [1.807, 2.05) is 13.8 Å². The summed E-state index contributed by atoms with van der Waals surface area (Å²) in [4.78, 5) is 15.7. The highest BCUT2D eigenvalue weighted by molar-refractivity contribution is 9.10. The first-order valence-electron chi connectivity index (χ1n) is 4.93. The van der Waals surface area contributed by atoms with Crippen molar-refractivity contribution in [3.8, 4) is 0 Å². The van der Waals surface area contributed by atoms with Gasteiger partial charge < -0.3 is 0 Å². The fourth-order valence-electron chi connectivity index (χ4n) is 1.31. The molecule has 16 heavy (non-hydrogen) atoms. The van der Waals surface area contributed by atoms with Crippen LogP contribution in [0.5, 0.6) is 0 Å². The Morgan fingerprint density at radius 1 is 1.50 bits per heavy atom. The summed E-state index contributed by atoms with van der Waals surface area (Å²) in [5.41, 5.74) is 0.163. The van der Waals surface area contributed by atoms with Gasteiger partial charge in [0.25, 0.3) is 12.0 Å². The zero-order valence-corrected chi connectivity index (χ0v) is 10.7. The van der Waals surface area contributed by atoms with Crippen molar-refractivity contribution in [1.29, 1.82) is 0 Å². The Kier molecular flexibility index (Phi) is 4.58. The third-order valence-electron chi connectivity index (χ3n) is 1.99. The Bertz CT molecular complexity index is 418. The lowest BCUT2D eigenvalue weighted by Crippen LogP contribution is -2.25. The summed E-state index contributed by atoms with van der Waals surface area (Å²) in [5.74, 6) is 0.356. The molecule has 0 radical (unpaired) electrons. The first-order valence-corrected chi connectivity index (χ1v) is 5.73. The number of aromatic nitrogens is 2. The molecule has 0 saturated carbocycles. The van der Waals surface area contributed by atoms with Crippen molar-refractivity contribution in [3.63, 3.8) is 0 Å². The van der Waals surface area contributed by atoms with Gasteiger partial charge in [0.2, 0.25) is 0 Å². The molecule has 0 saturated heterocycles. The van der Waals surface area contributed by atoms with Gasteiger partial charge >= 0.3 is 0 Å². The summed E-state index contributed by atoms with van der Waals surface area (Å²) in [6.45, 7) is 3.38. The number of nitrogens with zero attached hydrogens (tertiary/aromatic N) is 2. The van der Waals surface area contributed by atoms with E-state index in [1.54, 1.807) is 0 Å². The maximum Gasteiger partial charge on any atom is 0.268 e. The Balaban J connectivity index is 3.04. The monoisotopic (exact) mass is 294 g/mol. The molecule has 90 valence electrons. The Hall–Kier alpha value is -0.780. The highest BCUT2D eigenvalue weighted by Crippen LogP contribution is 2.13. The number of hydrogen-bond donors (Lipinski definition) is 0. The van der Waals surface area contributed by atoms with Gasteiger partial charge in [0.05, 0.1) is 18.6 Å². The minimum atomic E-state index is -2.55. The quantitative estimate of drug-likeness (QED) is 0.855. The SMILES string of the molecule is CC(C)Cc1ncn(CC(F)F)c(=O)c1Br. The van der Waals surface area contributed by atoms with Crippen molar-refractivity contribution in [3.05, 3.63) is 26.8 Å². The minimum Gasteiger partial charge on any atom is -0.293 e. The Labute approximate surface area is 101 Å². The van der Waals surface area contributed by atoms with Gasteiger partial charge in [0.1, 0.15) is 4.47 Å². The van der Waals surface area contributed by atoms with Crippen molar-refractivity contribution in [1.82, 2.24) is 9.55 Å². The molecule has 1 heterocycles. The highest BCUT2D eigenvalue weighted by atomic mass is 79.9. The second-order valence-corrected chi connectivity index (χ2v) is 4.74. The van der Waals surface area contributed by atoms with Crippen LogP contribution in [0, 0.1) is 5.92 Å². The molecule has 1 rings (SSSR count). The van der Waals surface area contributed by atoms with E-state index in [9.17, 15) is 13.6 Å². The molecule has 0 amide bonds. The molecular weight excluding hydrogens is 282 g/mol. The molecule has 3 nitrogen and oxygen atoms in total. The van der Waals surface area contributed by atoms with Gasteiger partial charge in [0, 0.05) is 0 Å². The van der Waals surface area contributed by atoms with Crippen LogP contribution in [0.2, 0.25) is 0 Å². The molecular formula is C10H13BrF2N2O. The van der Waals surface area contributed by atoms with E-state index in [4.69, 9.17) is 0 Å². The number of rotatable bonds is 4. The van der Waals surface area contributed by atoms with Crippen molar-refractivity contribution in [2.24, 2.45) is 5.92 Å². The van der Waals surface area contributed by atoms with Crippen LogP contribution >= 0.6 is 15.9 Å². The van der Waals surface area contributed by atoms with Crippen LogP contribution in [0.15, 0.2) is 15.6 Å². The average molecular weight is 295 g/mol. The van der Waals surface area contributed by atoms with Gasteiger partial charge in [-0.15, -0.1) is 0 Å². The Morgan fingerprint density at radius 3 is 2.62 bits per heavy atom. The molecule has 0 unspecified atom stereocenters. The first kappa shape index (κ1) is 13.3. The van der Waals surface area contributed by atoms with Crippen LogP contribution < -0.4 is 5.56 Å². The maximum atomic E-state index is 12.1. The molecule has 0 aliphatic carbocycles. The van der Waals surface area contributed by atoms with Gasteiger partial charge in [-0.05, 0) is 28.3 Å². The molecule has 0 aliphatic rings. The van der Waals surface area contributed by atoms with E-state index in [0.717, 1.165) is 4.57 Å². The summed E-state index contributed by atoms with van der Waals surface area (Å²) in [7, 11) is 0. The normalized spacial score (nSPS) is 11.4. The molecule has 0 fully saturated rings. The fraction of sp³-hybridized carbons (Fsp3) is 0.600. The predicted octanol–water partition coefficient (Wildman–Crippen LogP) is 2.47. The zero-order chi connectivity index (χ0) is 12.3. The second-order valence-electron chi connectivity index (χ2n) is 3.95. The Morgan fingerprint density at radius 2 is 2.12 bits per heavy atom. The average Bonchev–Trinajstić information content (AvgIpc) is 2.16. The van der Waals surface area contributed by atoms with E-state index in [-0.39, 0.29) is 4.47 Å². The zero-order valence-electron chi connectivity index (χ0n) is 9.08. The van der Waals surface area contributed by atoms with E-state index >= 15 is 0 Å². The number of halogens is 3. The van der Waals surface area contributed by atoms with Gasteiger partial charge in [-0.25, -0.2) is 13.8 Å². The predicted molar refractivity (Wildman–Crippen MR) is 60.7 cm³/mol. The van der Waals surface area contributed by atoms with Gasteiger partial charge in [-0.3, -0.25) is 9.36 Å². The van der Waals surface area contributed by atoms with Crippen LogP contribution in [0.3, 0.4) is 0 Å². The molecule has 0 aliphatic heterocycles. The van der Waals surface area contributed by atoms with Crippen molar-refractivity contribution >= 4 is 15.9 Å². The lowest BCUT2D eigenvalue weighted by molar-refractivity contribution is 0.124. The van der Waals surface area contributed by atoms with Gasteiger partial charge in [-0.1, -0.05) is 13.8 Å². The molecule has 0 N–H and O–H groups in total. The summed E-state index contributed by atoms with van der Waals surface area (Å²) in [6, 6.07) is 0. The van der Waals surface area contributed by atoms with E-state index in [2.05, 4.69) is 20.9 Å². The topological polar surface area (TPSA) is 34.9 Å². The lowest BCUT2D eigenvalue weighted by Gasteiger charge is -2.09. The van der Waals surface area contributed by atoms with Gasteiger partial charge in [0.15, 0.2) is 0 Å². The maximum absolute atomic E-state index is 12.1. The van der Waals surface area contributed by atoms with Gasteiger partial charge in [-0.2, -0.15) is 0 Å². The fourth-order valence-corrected chi connectivity index (χ4v) is 1.80. The molecule has 0 aromatic carbocycles. The lowest BCUT2D eigenvalue weighted by atomic mass is 10.1. The van der Waals surface area contributed by atoms with Crippen LogP contribution in [0.25, 0.3) is 0 Å². The summed E-state index contributed by atoms with van der Waals surface area (Å²) < 4.78 is 25.5. The summed E-state index contributed by atoms with van der Waals surface area (Å²) >= 11 is 3.11. The largest absolute Gasteiger partial charge is 0.293 e. The van der Waals surface area contributed by atoms with E-state index in [1.165, 1.54) is 6.33 Å². The number of alkyl halides is 2. The molecule has 0 spiro atoms. The summed E-state index contributed by atoms with van der Waals surface area (Å²) in [6.07, 6.45) is -0.732. The molecule has 1 aromatic heterocycles. The van der Waals surface area contributed by atoms with E-state index in [0.29, 0.717) is 18.0 Å². The third kappa shape index (κ3) is 3.37. The standard InChI is InChI=1S/C10H13BrF2N2O/c1-6(2)3-7-9(11)10(16)15(5-14-7)4-8(12)13/h5-6,8H,3-4H2,1-2H3. The highest BCUT2D eigenvalue weighted by Gasteiger charge is 2.12. The third-order valence-corrected chi connectivity index (χ3v) is 2.79. The van der Waals surface area contributed by atoms with E-state index < -0.39 is 18.5 Å². The smallest absolute Gasteiger partial charge is 0.268 e. The molecule has 6 heteroatoms. The minimum absolute atomic E-state index is 0.282. The van der Waals surface area contributed by atoms with Crippen LogP contribution in [0.1, 0.15) is 19.5 Å². The summed E-state index contributed by atoms with van der Waals surface area (Å²) in [5, 5.41) is 0. The van der Waals surface area contributed by atoms with Crippen molar-refractivity contribution < 1.29 is 8.78 Å². The van der Waals surface area contributed by atoms with Crippen LogP contribution in [-0.2, 0) is 13.0 Å². The van der Waals surface area contributed by atoms with Crippen LogP contribution in [0.4, 0.5) is 8.78 Å². The van der Waals surface area contributed by atoms with Crippen LogP contribution in [-0.4, -0.2) is 16.0 Å². The molecule has 0 bridgehead atoms. The van der Waals surface area contributed by atoms with Crippen molar-refractivity contribution in [2.45, 2.75) is 33.2 Å². The molecule has 1 aromatic rings. The van der Waals surface area contributed by atoms with Crippen molar-refractivity contribution in [2.75, 3.05) is 0 Å². The second kappa shape index (κ2) is 5.52.